The fourth-order valence-electron chi connectivity index (χ4n) is 3.76. The molecule has 3 heterocycles. The Labute approximate surface area is 161 Å². The number of benzene rings is 2. The van der Waals surface area contributed by atoms with Crippen LogP contribution in [0.15, 0.2) is 53.1 Å². The number of fused-ring (bicyclic) bond motifs is 3. The molecule has 0 atom stereocenters. The van der Waals surface area contributed by atoms with Gasteiger partial charge in [0.15, 0.2) is 11.5 Å². The third kappa shape index (κ3) is 2.70. The van der Waals surface area contributed by atoms with E-state index in [1.165, 1.54) is 6.07 Å². The summed E-state index contributed by atoms with van der Waals surface area (Å²) in [4.78, 5) is 16.7. The molecule has 2 aliphatic rings. The highest BCUT2D eigenvalue weighted by atomic mass is 19.1. The number of amides is 1. The lowest BCUT2D eigenvalue weighted by atomic mass is 10.0. The van der Waals surface area contributed by atoms with Crippen LogP contribution in [-0.2, 0) is 6.61 Å². The molecule has 1 saturated heterocycles. The first kappa shape index (κ1) is 16.8. The summed E-state index contributed by atoms with van der Waals surface area (Å²) in [6.45, 7) is 2.36. The standard InChI is InChI=1S/C21H18FN3O3/c22-16-6-2-3-7-17(16)24-9-11-25(12-10-24)21(26)19-15-13-27-18-8-4-1-5-14(18)20(15)28-23-19/h1-8H,9-13H2. The molecule has 28 heavy (non-hydrogen) atoms. The number of carbonyl (C=O) groups excluding carboxylic acids is 1. The molecule has 0 saturated carbocycles. The van der Waals surface area contributed by atoms with Gasteiger partial charge in [0.05, 0.1) is 16.8 Å². The van der Waals surface area contributed by atoms with Crippen LogP contribution in [0.2, 0.25) is 0 Å². The second-order valence-corrected chi connectivity index (χ2v) is 6.85. The van der Waals surface area contributed by atoms with Gasteiger partial charge in [0.2, 0.25) is 0 Å². The molecule has 0 bridgehead atoms. The highest BCUT2D eigenvalue weighted by molar-refractivity contribution is 5.95. The summed E-state index contributed by atoms with van der Waals surface area (Å²) in [5.74, 6) is 0.892. The average molecular weight is 379 g/mol. The van der Waals surface area contributed by atoms with Gasteiger partial charge < -0.3 is 19.1 Å². The smallest absolute Gasteiger partial charge is 0.276 e. The highest BCUT2D eigenvalue weighted by Crippen LogP contribution is 2.38. The summed E-state index contributed by atoms with van der Waals surface area (Å²) in [6, 6.07) is 14.2. The lowest BCUT2D eigenvalue weighted by Crippen LogP contribution is -2.49. The van der Waals surface area contributed by atoms with Gasteiger partial charge in [0.25, 0.3) is 5.91 Å². The number of aromatic nitrogens is 1. The molecule has 0 N–H and O–H groups in total. The maximum Gasteiger partial charge on any atom is 0.276 e. The zero-order valence-electron chi connectivity index (χ0n) is 15.1. The van der Waals surface area contributed by atoms with E-state index in [1.54, 1.807) is 17.0 Å². The molecule has 0 spiro atoms. The monoisotopic (exact) mass is 379 g/mol. The molecule has 3 aromatic rings. The number of anilines is 1. The molecule has 1 fully saturated rings. The van der Waals surface area contributed by atoms with Crippen molar-refractivity contribution in [2.45, 2.75) is 6.61 Å². The van der Waals surface area contributed by atoms with Crippen molar-refractivity contribution in [2.75, 3.05) is 31.1 Å². The number of rotatable bonds is 2. The third-order valence-corrected chi connectivity index (χ3v) is 5.25. The minimum Gasteiger partial charge on any atom is -0.488 e. The summed E-state index contributed by atoms with van der Waals surface area (Å²) >= 11 is 0. The molecule has 0 unspecified atom stereocenters. The summed E-state index contributed by atoms with van der Waals surface area (Å²) in [6.07, 6.45) is 0. The predicted octanol–water partition coefficient (Wildman–Crippen LogP) is 3.34. The Morgan fingerprint density at radius 3 is 2.57 bits per heavy atom. The summed E-state index contributed by atoms with van der Waals surface area (Å²) < 4.78 is 25.3. The van der Waals surface area contributed by atoms with Gasteiger partial charge in [-0.3, -0.25) is 4.79 Å². The Balaban J connectivity index is 1.34. The van der Waals surface area contributed by atoms with Crippen LogP contribution in [0.5, 0.6) is 5.75 Å². The number of hydrogen-bond donors (Lipinski definition) is 0. The Kier molecular flexibility index (Phi) is 4.00. The second-order valence-electron chi connectivity index (χ2n) is 6.85. The van der Waals surface area contributed by atoms with E-state index >= 15 is 0 Å². The number of halogens is 1. The van der Waals surface area contributed by atoms with Crippen molar-refractivity contribution in [1.82, 2.24) is 10.1 Å². The van der Waals surface area contributed by atoms with Crippen LogP contribution in [-0.4, -0.2) is 42.1 Å². The fraction of sp³-hybridized carbons (Fsp3) is 0.238. The zero-order valence-corrected chi connectivity index (χ0v) is 15.1. The van der Waals surface area contributed by atoms with E-state index in [1.807, 2.05) is 35.2 Å². The van der Waals surface area contributed by atoms with Gasteiger partial charge in [-0.15, -0.1) is 0 Å². The Hall–Kier alpha value is -3.35. The quantitative estimate of drug-likeness (QED) is 0.684. The van der Waals surface area contributed by atoms with E-state index in [4.69, 9.17) is 9.26 Å². The average Bonchev–Trinajstić information content (AvgIpc) is 3.18. The van der Waals surface area contributed by atoms with Gasteiger partial charge in [0, 0.05) is 26.2 Å². The second kappa shape index (κ2) is 6.67. The van der Waals surface area contributed by atoms with E-state index in [-0.39, 0.29) is 18.3 Å². The molecular weight excluding hydrogens is 361 g/mol. The number of piperazine rings is 1. The molecule has 0 radical (unpaired) electrons. The van der Waals surface area contributed by atoms with E-state index in [0.29, 0.717) is 48.9 Å². The van der Waals surface area contributed by atoms with Gasteiger partial charge in [-0.1, -0.05) is 29.4 Å². The van der Waals surface area contributed by atoms with Gasteiger partial charge in [-0.25, -0.2) is 4.39 Å². The first-order chi connectivity index (χ1) is 13.7. The third-order valence-electron chi connectivity index (χ3n) is 5.25. The van der Waals surface area contributed by atoms with Gasteiger partial charge in [0.1, 0.15) is 18.2 Å². The Morgan fingerprint density at radius 1 is 1.00 bits per heavy atom. The molecule has 6 nitrogen and oxygen atoms in total. The fourth-order valence-corrected chi connectivity index (χ4v) is 3.76. The molecule has 142 valence electrons. The summed E-state index contributed by atoms with van der Waals surface area (Å²) in [5, 5.41) is 4.04. The molecule has 7 heteroatoms. The number of hydrogen-bond acceptors (Lipinski definition) is 5. The molecule has 2 aliphatic heterocycles. The molecule has 1 aromatic heterocycles. The Bertz CT molecular complexity index is 1040. The topological polar surface area (TPSA) is 58.8 Å². The SMILES string of the molecule is O=C(c1noc2c1COc1ccccc1-2)N1CCN(c2ccccc2F)CC1. The van der Waals surface area contributed by atoms with Gasteiger partial charge in [-0.2, -0.15) is 0 Å². The number of carbonyl (C=O) groups is 1. The molecular formula is C21H18FN3O3. The molecule has 5 rings (SSSR count). The van der Waals surface area contributed by atoms with Crippen molar-refractivity contribution in [1.29, 1.82) is 0 Å². The van der Waals surface area contributed by atoms with Crippen molar-refractivity contribution < 1.29 is 18.4 Å². The van der Waals surface area contributed by atoms with Crippen molar-refractivity contribution in [2.24, 2.45) is 0 Å². The van der Waals surface area contributed by atoms with E-state index < -0.39 is 0 Å². The van der Waals surface area contributed by atoms with Crippen molar-refractivity contribution >= 4 is 11.6 Å². The van der Waals surface area contributed by atoms with Gasteiger partial charge >= 0.3 is 0 Å². The predicted molar refractivity (Wildman–Crippen MR) is 101 cm³/mol. The minimum absolute atomic E-state index is 0.179. The minimum atomic E-state index is -0.247. The lowest BCUT2D eigenvalue weighted by molar-refractivity contribution is 0.0734. The van der Waals surface area contributed by atoms with Crippen LogP contribution in [0.4, 0.5) is 10.1 Å². The van der Waals surface area contributed by atoms with Crippen LogP contribution >= 0.6 is 0 Å². The first-order valence-electron chi connectivity index (χ1n) is 9.22. The Morgan fingerprint density at radius 2 is 1.75 bits per heavy atom. The van der Waals surface area contributed by atoms with E-state index in [9.17, 15) is 9.18 Å². The lowest BCUT2D eigenvalue weighted by Gasteiger charge is -2.36. The van der Waals surface area contributed by atoms with E-state index in [2.05, 4.69) is 5.16 Å². The van der Waals surface area contributed by atoms with E-state index in [0.717, 1.165) is 11.3 Å². The van der Waals surface area contributed by atoms with Crippen molar-refractivity contribution in [3.8, 4) is 17.1 Å². The van der Waals surface area contributed by atoms with Gasteiger partial charge in [-0.05, 0) is 24.3 Å². The first-order valence-corrected chi connectivity index (χ1v) is 9.22. The largest absolute Gasteiger partial charge is 0.488 e. The molecule has 2 aromatic carbocycles. The number of ether oxygens (including phenoxy) is 1. The van der Waals surface area contributed by atoms with Crippen LogP contribution in [0.25, 0.3) is 11.3 Å². The normalized spacial score (nSPS) is 15.6. The van der Waals surface area contributed by atoms with Crippen LogP contribution in [0, 0.1) is 5.82 Å². The van der Waals surface area contributed by atoms with Crippen molar-refractivity contribution in [3.05, 3.63) is 65.6 Å². The van der Waals surface area contributed by atoms with Crippen LogP contribution in [0.1, 0.15) is 16.1 Å². The maximum absolute atomic E-state index is 14.0. The molecule has 1 amide bonds. The van der Waals surface area contributed by atoms with Crippen molar-refractivity contribution in [3.63, 3.8) is 0 Å². The number of para-hydroxylation sites is 2. The summed E-state index contributed by atoms with van der Waals surface area (Å²) in [5.41, 5.74) is 2.35. The summed E-state index contributed by atoms with van der Waals surface area (Å²) in [7, 11) is 0. The highest BCUT2D eigenvalue weighted by Gasteiger charge is 2.32. The van der Waals surface area contributed by atoms with Crippen LogP contribution < -0.4 is 9.64 Å². The number of nitrogens with zero attached hydrogens (tertiary/aromatic N) is 3. The van der Waals surface area contributed by atoms with Crippen LogP contribution in [0.3, 0.4) is 0 Å². The zero-order chi connectivity index (χ0) is 19.1. The molecule has 0 aliphatic carbocycles. The maximum atomic E-state index is 14.0.